The molecule has 2 aliphatic rings. The van der Waals surface area contributed by atoms with Gasteiger partial charge in [0.25, 0.3) is 0 Å². The number of nitrogens with one attached hydrogen (secondary N) is 1. The second-order valence-electron chi connectivity index (χ2n) is 7.10. The highest BCUT2D eigenvalue weighted by Crippen LogP contribution is 2.31. The van der Waals surface area contributed by atoms with Crippen molar-refractivity contribution in [3.8, 4) is 0 Å². The van der Waals surface area contributed by atoms with Crippen molar-refractivity contribution in [2.24, 2.45) is 10.4 Å². The van der Waals surface area contributed by atoms with E-state index in [0.29, 0.717) is 18.1 Å². The van der Waals surface area contributed by atoms with Crippen LogP contribution in [-0.4, -0.2) is 34.1 Å². The van der Waals surface area contributed by atoms with Gasteiger partial charge in [0.05, 0.1) is 6.04 Å². The van der Waals surface area contributed by atoms with Gasteiger partial charge < -0.3 is 0 Å². The van der Waals surface area contributed by atoms with Crippen LogP contribution in [0.2, 0.25) is 0 Å². The molecule has 2 heterocycles. The first-order chi connectivity index (χ1) is 8.88. The van der Waals surface area contributed by atoms with Gasteiger partial charge in [0, 0.05) is 17.8 Å². The molecule has 0 aromatic rings. The van der Waals surface area contributed by atoms with Gasteiger partial charge in [0.15, 0.2) is 5.17 Å². The topological polar surface area (TPSA) is 27.6 Å². The molecule has 0 aliphatic carbocycles. The van der Waals surface area contributed by atoms with E-state index in [0.717, 1.165) is 5.17 Å². The molecule has 0 saturated carbocycles. The molecule has 0 amide bonds. The van der Waals surface area contributed by atoms with E-state index < -0.39 is 0 Å². The average molecular weight is 283 g/mol. The summed E-state index contributed by atoms with van der Waals surface area (Å²) in [6.07, 6.45) is 5.13. The van der Waals surface area contributed by atoms with Crippen LogP contribution in [0.1, 0.15) is 60.3 Å². The molecular weight excluding hydrogens is 254 g/mol. The van der Waals surface area contributed by atoms with Gasteiger partial charge in [-0.15, -0.1) is 0 Å². The molecule has 2 aliphatic heterocycles. The molecule has 1 N–H and O–H groups in total. The van der Waals surface area contributed by atoms with Crippen molar-refractivity contribution in [2.45, 2.75) is 78.4 Å². The Labute approximate surface area is 122 Å². The normalized spacial score (nSPS) is 33.9. The van der Waals surface area contributed by atoms with Crippen molar-refractivity contribution in [1.29, 1.82) is 0 Å². The number of amidine groups is 1. The first-order valence-electron chi connectivity index (χ1n) is 7.63. The lowest BCUT2D eigenvalue weighted by Crippen LogP contribution is -2.54. The molecular formula is C15H29N3S. The highest BCUT2D eigenvalue weighted by Gasteiger charge is 2.30. The summed E-state index contributed by atoms with van der Waals surface area (Å²) in [5.74, 6) is 1.18. The van der Waals surface area contributed by atoms with E-state index >= 15 is 0 Å². The number of piperidine rings is 1. The number of hydrazine groups is 1. The fraction of sp³-hybridized carbons (Fsp3) is 0.933. The zero-order valence-corrected chi connectivity index (χ0v) is 13.9. The van der Waals surface area contributed by atoms with Gasteiger partial charge in [-0.1, -0.05) is 39.0 Å². The number of aliphatic imine (C=N–C) groups is 1. The number of thioether (sulfide) groups is 1. The molecule has 1 fully saturated rings. The van der Waals surface area contributed by atoms with Crippen molar-refractivity contribution < 1.29 is 0 Å². The number of hydrogen-bond acceptors (Lipinski definition) is 4. The van der Waals surface area contributed by atoms with Gasteiger partial charge in [-0.25, -0.2) is 5.01 Å². The van der Waals surface area contributed by atoms with Crippen molar-refractivity contribution in [3.63, 3.8) is 0 Å². The molecule has 0 spiro atoms. The summed E-state index contributed by atoms with van der Waals surface area (Å²) in [6.45, 7) is 11.5. The Morgan fingerprint density at radius 1 is 1.16 bits per heavy atom. The van der Waals surface area contributed by atoms with Crippen LogP contribution in [-0.2, 0) is 0 Å². The zero-order valence-electron chi connectivity index (χ0n) is 13.1. The highest BCUT2D eigenvalue weighted by atomic mass is 32.2. The van der Waals surface area contributed by atoms with E-state index in [1.807, 2.05) is 11.8 Å². The maximum Gasteiger partial charge on any atom is 0.171 e. The molecule has 0 aromatic heterocycles. The minimum atomic E-state index is 0.271. The SMILES string of the molecule is CC1CCCC(C)N1NC1=NC(C(C)(C)C)CCS1. The molecule has 4 heteroatoms. The van der Waals surface area contributed by atoms with Gasteiger partial charge in [0.2, 0.25) is 0 Å². The zero-order chi connectivity index (χ0) is 14.0. The van der Waals surface area contributed by atoms with Crippen molar-refractivity contribution in [3.05, 3.63) is 0 Å². The van der Waals surface area contributed by atoms with Gasteiger partial charge in [0.1, 0.15) is 0 Å². The van der Waals surface area contributed by atoms with E-state index in [1.54, 1.807) is 0 Å². The summed E-state index contributed by atoms with van der Waals surface area (Å²) in [6, 6.07) is 1.68. The molecule has 2 rings (SSSR count). The lowest BCUT2D eigenvalue weighted by Gasteiger charge is -2.40. The summed E-state index contributed by atoms with van der Waals surface area (Å²) < 4.78 is 0. The van der Waals surface area contributed by atoms with Crippen LogP contribution in [0, 0.1) is 5.41 Å². The molecule has 3 atom stereocenters. The first kappa shape index (κ1) is 15.2. The van der Waals surface area contributed by atoms with Crippen LogP contribution in [0.15, 0.2) is 4.99 Å². The monoisotopic (exact) mass is 283 g/mol. The Morgan fingerprint density at radius 2 is 1.79 bits per heavy atom. The molecule has 1 saturated heterocycles. The van der Waals surface area contributed by atoms with E-state index in [1.165, 1.54) is 31.4 Å². The maximum absolute atomic E-state index is 4.94. The highest BCUT2D eigenvalue weighted by molar-refractivity contribution is 8.13. The third-order valence-corrected chi connectivity index (χ3v) is 5.23. The van der Waals surface area contributed by atoms with Gasteiger partial charge in [-0.3, -0.25) is 10.4 Å². The maximum atomic E-state index is 4.94. The fourth-order valence-electron chi connectivity index (χ4n) is 2.95. The molecule has 3 unspecified atom stereocenters. The molecule has 3 nitrogen and oxygen atoms in total. The Kier molecular flexibility index (Phi) is 4.83. The molecule has 0 bridgehead atoms. The van der Waals surface area contributed by atoms with Crippen LogP contribution in [0.4, 0.5) is 0 Å². The Bertz CT molecular complexity index is 325. The molecule has 19 heavy (non-hydrogen) atoms. The molecule has 110 valence electrons. The van der Waals surface area contributed by atoms with E-state index in [4.69, 9.17) is 4.99 Å². The van der Waals surface area contributed by atoms with Gasteiger partial charge >= 0.3 is 0 Å². The van der Waals surface area contributed by atoms with Crippen molar-refractivity contribution in [1.82, 2.24) is 10.4 Å². The molecule has 0 radical (unpaired) electrons. The van der Waals surface area contributed by atoms with Gasteiger partial charge in [-0.2, -0.15) is 0 Å². The number of hydrogen-bond donors (Lipinski definition) is 1. The summed E-state index contributed by atoms with van der Waals surface area (Å²) >= 11 is 1.88. The van der Waals surface area contributed by atoms with E-state index in [2.05, 4.69) is 45.1 Å². The number of nitrogens with zero attached hydrogens (tertiary/aromatic N) is 2. The standard InChI is InChI=1S/C15H29N3S/c1-11-7-6-8-12(2)18(11)17-14-16-13(9-10-19-14)15(3,4)5/h11-13H,6-10H2,1-5H3,(H,16,17). The minimum Gasteiger partial charge on any atom is -0.297 e. The Hall–Kier alpha value is -0.220. The Balaban J connectivity index is 2.03. The largest absolute Gasteiger partial charge is 0.297 e. The second-order valence-corrected chi connectivity index (χ2v) is 8.18. The lowest BCUT2D eigenvalue weighted by atomic mass is 9.85. The predicted octanol–water partition coefficient (Wildman–Crippen LogP) is 3.66. The average Bonchev–Trinajstić information content (AvgIpc) is 2.33. The van der Waals surface area contributed by atoms with Crippen molar-refractivity contribution >= 4 is 16.9 Å². The smallest absolute Gasteiger partial charge is 0.171 e. The van der Waals surface area contributed by atoms with E-state index in [-0.39, 0.29) is 5.41 Å². The van der Waals surface area contributed by atoms with Crippen LogP contribution in [0.25, 0.3) is 0 Å². The second kappa shape index (κ2) is 6.04. The fourth-order valence-corrected chi connectivity index (χ4v) is 3.86. The van der Waals surface area contributed by atoms with Gasteiger partial charge in [-0.05, 0) is 38.5 Å². The molecule has 0 aromatic carbocycles. The summed E-state index contributed by atoms with van der Waals surface area (Å²) in [5.41, 5.74) is 3.88. The van der Waals surface area contributed by atoms with Crippen LogP contribution in [0.5, 0.6) is 0 Å². The third-order valence-electron chi connectivity index (χ3n) is 4.32. The summed E-state index contributed by atoms with van der Waals surface area (Å²) in [5, 5.41) is 3.55. The predicted molar refractivity (Wildman–Crippen MR) is 85.5 cm³/mol. The first-order valence-corrected chi connectivity index (χ1v) is 8.62. The quantitative estimate of drug-likeness (QED) is 0.796. The minimum absolute atomic E-state index is 0.271. The Morgan fingerprint density at radius 3 is 2.37 bits per heavy atom. The lowest BCUT2D eigenvalue weighted by molar-refractivity contribution is 0.0748. The van der Waals surface area contributed by atoms with Crippen LogP contribution < -0.4 is 5.43 Å². The number of rotatable bonds is 1. The summed E-state index contributed by atoms with van der Waals surface area (Å²) in [4.78, 5) is 4.94. The van der Waals surface area contributed by atoms with E-state index in [9.17, 15) is 0 Å². The third kappa shape index (κ3) is 3.88. The van der Waals surface area contributed by atoms with Crippen LogP contribution in [0.3, 0.4) is 0 Å². The van der Waals surface area contributed by atoms with Crippen LogP contribution >= 0.6 is 11.8 Å². The van der Waals surface area contributed by atoms with Crippen molar-refractivity contribution in [2.75, 3.05) is 5.75 Å². The summed E-state index contributed by atoms with van der Waals surface area (Å²) in [7, 11) is 0.